The van der Waals surface area contributed by atoms with Crippen LogP contribution in [-0.4, -0.2) is 18.8 Å². The smallest absolute Gasteiger partial charge is 0.265 e. The van der Waals surface area contributed by atoms with Gasteiger partial charge in [-0.25, -0.2) is 18.8 Å². The maximum Gasteiger partial charge on any atom is 0.265 e. The number of fused-ring (bicyclic) bond motifs is 8. The first-order valence-corrected chi connectivity index (χ1v) is 19.0. The first-order valence-electron chi connectivity index (χ1n) is 17.3. The van der Waals surface area contributed by atoms with Crippen LogP contribution in [0.25, 0.3) is 64.3 Å². The molecule has 6 aromatic heterocycles. The number of imidazole rings is 2. The quantitative estimate of drug-likeness (QED) is 0.124. The summed E-state index contributed by atoms with van der Waals surface area (Å²) in [6.07, 6.45) is 11.6. The Labute approximate surface area is 275 Å². The van der Waals surface area contributed by atoms with Gasteiger partial charge in [0, 0.05) is 21.5 Å². The molecule has 46 heavy (non-hydrogen) atoms. The molecule has 0 saturated heterocycles. The molecule has 0 aliphatic heterocycles. The van der Waals surface area contributed by atoms with E-state index in [0.29, 0.717) is 0 Å². The second-order valence-electron chi connectivity index (χ2n) is 13.0. The maximum absolute atomic E-state index is 15.0. The Hall–Kier alpha value is -3.62. The zero-order valence-corrected chi connectivity index (χ0v) is 28.8. The molecule has 6 heterocycles. The van der Waals surface area contributed by atoms with Crippen LogP contribution in [0, 0.1) is 0 Å². The third-order valence-electron chi connectivity index (χ3n) is 10.1. The van der Waals surface area contributed by atoms with Gasteiger partial charge in [0.2, 0.25) is 0 Å². The fourth-order valence-electron chi connectivity index (χ4n) is 7.99. The van der Waals surface area contributed by atoms with Crippen molar-refractivity contribution in [2.45, 2.75) is 105 Å². The van der Waals surface area contributed by atoms with Crippen molar-refractivity contribution in [3.8, 4) is 0 Å². The minimum Gasteiger partial charge on any atom is -0.268 e. The standard InChI is InChI=1S/C38H40N4O2S2/c1-5-9-13-21-23(15-11-7-3)29-32-28(34-40-26-18-20-46-38(26)42(34)35(29)43)22(14-10-6-2)24(16-12-8-4)30-31(32)27(21)33-39-25-17-19-45-37(25)41(33)36(30)44/h17-20H,5-16H2,1-4H3. The van der Waals surface area contributed by atoms with E-state index >= 15 is 9.59 Å². The third kappa shape index (κ3) is 4.05. The van der Waals surface area contributed by atoms with E-state index in [2.05, 4.69) is 27.7 Å². The Balaban J connectivity index is 1.76. The highest BCUT2D eigenvalue weighted by Gasteiger charge is 2.31. The van der Waals surface area contributed by atoms with Crippen LogP contribution >= 0.6 is 22.7 Å². The molecule has 0 radical (unpaired) electrons. The summed E-state index contributed by atoms with van der Waals surface area (Å²) >= 11 is 3.18. The van der Waals surface area contributed by atoms with E-state index in [9.17, 15) is 0 Å². The lowest BCUT2D eigenvalue weighted by Gasteiger charge is -2.24. The number of thiophene rings is 2. The molecule has 0 bridgehead atoms. The molecular weight excluding hydrogens is 609 g/mol. The first-order chi connectivity index (χ1) is 22.5. The third-order valence-corrected chi connectivity index (χ3v) is 11.9. The lowest BCUT2D eigenvalue weighted by atomic mass is 9.80. The normalized spacial score (nSPS) is 12.7. The monoisotopic (exact) mass is 648 g/mol. The van der Waals surface area contributed by atoms with Gasteiger partial charge in [-0.15, -0.1) is 22.7 Å². The van der Waals surface area contributed by atoms with Crippen LogP contribution in [0.4, 0.5) is 0 Å². The van der Waals surface area contributed by atoms with Crippen LogP contribution in [0.1, 0.15) is 101 Å². The number of benzene rings is 2. The van der Waals surface area contributed by atoms with Crippen molar-refractivity contribution in [3.63, 3.8) is 0 Å². The van der Waals surface area contributed by atoms with Gasteiger partial charge in [0.15, 0.2) is 0 Å². The summed E-state index contributed by atoms with van der Waals surface area (Å²) in [5.74, 6) is 0. The van der Waals surface area contributed by atoms with Crippen molar-refractivity contribution in [1.82, 2.24) is 18.8 Å². The number of aryl methyl sites for hydroxylation is 4. The molecule has 0 fully saturated rings. The van der Waals surface area contributed by atoms with Crippen LogP contribution in [-0.2, 0) is 25.7 Å². The van der Waals surface area contributed by atoms with Gasteiger partial charge in [0.25, 0.3) is 11.1 Å². The number of nitrogens with zero attached hydrogens (tertiary/aromatic N) is 4. The summed E-state index contributed by atoms with van der Waals surface area (Å²) in [5, 5.41) is 9.79. The van der Waals surface area contributed by atoms with E-state index in [1.807, 2.05) is 31.7 Å². The lowest BCUT2D eigenvalue weighted by Crippen LogP contribution is -2.21. The Kier molecular flexibility index (Phi) is 7.48. The Morgan fingerprint density at radius 3 is 1.22 bits per heavy atom. The highest BCUT2D eigenvalue weighted by Crippen LogP contribution is 2.46. The van der Waals surface area contributed by atoms with E-state index in [4.69, 9.17) is 9.97 Å². The van der Waals surface area contributed by atoms with Crippen LogP contribution in [0.3, 0.4) is 0 Å². The molecule has 2 aromatic carbocycles. The Bertz CT molecular complexity index is 2360. The van der Waals surface area contributed by atoms with Gasteiger partial charge in [-0.1, -0.05) is 53.4 Å². The molecule has 0 unspecified atom stereocenters. The fourth-order valence-corrected chi connectivity index (χ4v) is 9.66. The van der Waals surface area contributed by atoms with Gasteiger partial charge in [-0.05, 0) is 96.5 Å². The second-order valence-corrected chi connectivity index (χ2v) is 14.7. The van der Waals surface area contributed by atoms with Gasteiger partial charge < -0.3 is 0 Å². The molecule has 236 valence electrons. The van der Waals surface area contributed by atoms with Crippen LogP contribution < -0.4 is 11.1 Å². The molecule has 0 amide bonds. The molecule has 8 heteroatoms. The van der Waals surface area contributed by atoms with E-state index in [0.717, 1.165) is 152 Å². The molecule has 0 aliphatic rings. The van der Waals surface area contributed by atoms with Gasteiger partial charge in [-0.3, -0.25) is 9.59 Å². The number of aromatic nitrogens is 4. The van der Waals surface area contributed by atoms with Crippen molar-refractivity contribution in [3.05, 3.63) is 65.9 Å². The van der Waals surface area contributed by atoms with Crippen molar-refractivity contribution in [1.29, 1.82) is 0 Å². The van der Waals surface area contributed by atoms with Gasteiger partial charge in [0.1, 0.15) is 32.0 Å². The van der Waals surface area contributed by atoms with Crippen molar-refractivity contribution < 1.29 is 0 Å². The van der Waals surface area contributed by atoms with Crippen molar-refractivity contribution >= 4 is 87.0 Å². The largest absolute Gasteiger partial charge is 0.268 e. The highest BCUT2D eigenvalue weighted by atomic mass is 32.1. The molecule has 8 aromatic rings. The average molecular weight is 649 g/mol. The second kappa shape index (κ2) is 11.6. The molecule has 0 atom stereocenters. The molecule has 0 saturated carbocycles. The molecule has 8 rings (SSSR count). The Morgan fingerprint density at radius 1 is 0.522 bits per heavy atom. The summed E-state index contributed by atoms with van der Waals surface area (Å²) in [6.45, 7) is 8.90. The zero-order chi connectivity index (χ0) is 31.7. The van der Waals surface area contributed by atoms with Crippen molar-refractivity contribution in [2.24, 2.45) is 0 Å². The van der Waals surface area contributed by atoms with Crippen LogP contribution in [0.5, 0.6) is 0 Å². The topological polar surface area (TPSA) is 68.7 Å². The first kappa shape index (κ1) is 29.8. The molecule has 0 spiro atoms. The number of hydrogen-bond acceptors (Lipinski definition) is 6. The predicted molar refractivity (Wildman–Crippen MR) is 197 cm³/mol. The van der Waals surface area contributed by atoms with E-state index in [1.165, 1.54) is 11.1 Å². The molecular formula is C38H40N4O2S2. The summed E-state index contributed by atoms with van der Waals surface area (Å²) in [4.78, 5) is 42.3. The van der Waals surface area contributed by atoms with E-state index < -0.39 is 0 Å². The summed E-state index contributed by atoms with van der Waals surface area (Å²) < 4.78 is 3.83. The van der Waals surface area contributed by atoms with Gasteiger partial charge >= 0.3 is 0 Å². The highest BCUT2D eigenvalue weighted by molar-refractivity contribution is 7.17. The Morgan fingerprint density at radius 2 is 0.870 bits per heavy atom. The number of rotatable bonds is 12. The van der Waals surface area contributed by atoms with Crippen LogP contribution in [0.2, 0.25) is 0 Å². The van der Waals surface area contributed by atoms with Crippen LogP contribution in [0.15, 0.2) is 32.5 Å². The van der Waals surface area contributed by atoms with Gasteiger partial charge in [-0.2, -0.15) is 0 Å². The maximum atomic E-state index is 15.0. The number of unbranched alkanes of at least 4 members (excludes halogenated alkanes) is 4. The number of pyridine rings is 2. The summed E-state index contributed by atoms with van der Waals surface area (Å²) in [5.41, 5.74) is 8.04. The fraction of sp³-hybridized carbons (Fsp3) is 0.421. The molecule has 0 aliphatic carbocycles. The lowest BCUT2D eigenvalue weighted by molar-refractivity contribution is 0.763. The van der Waals surface area contributed by atoms with Crippen molar-refractivity contribution in [2.75, 3.05) is 0 Å². The molecule has 6 nitrogen and oxygen atoms in total. The van der Waals surface area contributed by atoms with Gasteiger partial charge in [0.05, 0.1) is 10.8 Å². The van der Waals surface area contributed by atoms with E-state index in [-0.39, 0.29) is 11.1 Å². The molecule has 0 N–H and O–H groups in total. The predicted octanol–water partition coefficient (Wildman–Crippen LogP) is 9.84. The SMILES string of the molecule is CCCCc1c(CCCC)c2c3c(c(CCCC)c(CCCC)c4c3c1c(=O)n1c4nc3ccsc31)c(=O)n1c2nc2ccsc21. The minimum absolute atomic E-state index is 0.0129. The minimum atomic E-state index is 0.0129. The zero-order valence-electron chi connectivity index (χ0n) is 27.2. The average Bonchev–Trinajstić information content (AvgIpc) is 3.84. The number of hydrogen-bond donors (Lipinski definition) is 0. The summed E-state index contributed by atoms with van der Waals surface area (Å²) in [7, 11) is 0. The van der Waals surface area contributed by atoms with E-state index in [1.54, 1.807) is 22.7 Å². The summed E-state index contributed by atoms with van der Waals surface area (Å²) in [6, 6.07) is 4.07.